The molecule has 0 aromatic heterocycles. The molecular formula is C31H35N3O6S. The first-order valence-corrected chi connectivity index (χ1v) is 14.7. The normalized spacial score (nSPS) is 19.8. The smallest absolute Gasteiger partial charge is 0.338 e. The van der Waals surface area contributed by atoms with E-state index in [1.165, 1.54) is 18.9 Å². The van der Waals surface area contributed by atoms with Gasteiger partial charge in [0.15, 0.2) is 16.7 Å². The molecule has 0 bridgehead atoms. The van der Waals surface area contributed by atoms with Crippen LogP contribution in [0.25, 0.3) is 0 Å². The Balaban J connectivity index is 1.44. The zero-order valence-electron chi connectivity index (χ0n) is 23.6. The van der Waals surface area contributed by atoms with Crippen molar-refractivity contribution in [3.05, 3.63) is 82.0 Å². The summed E-state index contributed by atoms with van der Waals surface area (Å²) in [7, 11) is 2.96. The van der Waals surface area contributed by atoms with Gasteiger partial charge in [0, 0.05) is 18.8 Å². The molecule has 41 heavy (non-hydrogen) atoms. The number of methoxy groups -OCH3 is 2. The molecule has 3 aliphatic heterocycles. The number of aliphatic imine (C=N–C) groups is 1. The molecular weight excluding hydrogens is 542 g/mol. The highest BCUT2D eigenvalue weighted by Crippen LogP contribution is 2.46. The molecule has 216 valence electrons. The van der Waals surface area contributed by atoms with Crippen LogP contribution in [0.2, 0.25) is 0 Å². The van der Waals surface area contributed by atoms with Crippen molar-refractivity contribution in [3.63, 3.8) is 0 Å². The van der Waals surface area contributed by atoms with Gasteiger partial charge >= 0.3 is 5.97 Å². The molecule has 10 heteroatoms. The molecule has 2 aromatic carbocycles. The van der Waals surface area contributed by atoms with Crippen molar-refractivity contribution in [1.29, 1.82) is 0 Å². The van der Waals surface area contributed by atoms with Gasteiger partial charge in [-0.2, -0.15) is 0 Å². The molecule has 2 aromatic rings. The zero-order chi connectivity index (χ0) is 28.8. The van der Waals surface area contributed by atoms with Crippen molar-refractivity contribution in [3.8, 4) is 11.5 Å². The first kappa shape index (κ1) is 28.8. The molecule has 9 nitrogen and oxygen atoms in total. The fraction of sp³-hybridized carbons (Fsp3) is 0.387. The van der Waals surface area contributed by atoms with E-state index in [0.29, 0.717) is 47.5 Å². The lowest BCUT2D eigenvalue weighted by Crippen LogP contribution is -2.39. The Morgan fingerprint density at radius 3 is 2.68 bits per heavy atom. The van der Waals surface area contributed by atoms with E-state index >= 15 is 0 Å². The van der Waals surface area contributed by atoms with E-state index in [4.69, 9.17) is 23.9 Å². The third-order valence-electron chi connectivity index (χ3n) is 7.26. The highest BCUT2D eigenvalue weighted by Gasteiger charge is 2.41. The van der Waals surface area contributed by atoms with Gasteiger partial charge in [-0.15, -0.1) is 0 Å². The standard InChI is InChI=1S/C31H35N3O6S/c1-4-24-28(30(36)38-3)29(21-12-13-25(26(15-21)37-2)40-18-20-9-6-5-7-10-20)34-22(19-41-31(34)33-24)16-27(35)32-17-23-11-8-14-39-23/h5-7,9-10,12-13,15,19,23,29H,4,8,11,14,16-18H2,1-3H3,(H,32,35)/t23-,29-/m1/s1. The second-order valence-corrected chi connectivity index (χ2v) is 10.7. The average molecular weight is 578 g/mol. The Labute approximate surface area is 244 Å². The minimum atomic E-state index is -0.561. The average Bonchev–Trinajstić information content (AvgIpc) is 3.68. The van der Waals surface area contributed by atoms with E-state index in [0.717, 1.165) is 36.3 Å². The van der Waals surface area contributed by atoms with Gasteiger partial charge in [0.2, 0.25) is 5.91 Å². The van der Waals surface area contributed by atoms with E-state index < -0.39 is 12.0 Å². The van der Waals surface area contributed by atoms with E-state index in [9.17, 15) is 9.59 Å². The summed E-state index contributed by atoms with van der Waals surface area (Å²) >= 11 is 1.44. The van der Waals surface area contributed by atoms with Gasteiger partial charge in [-0.25, -0.2) is 9.79 Å². The van der Waals surface area contributed by atoms with Crippen LogP contribution in [-0.2, 0) is 25.7 Å². The maximum atomic E-state index is 13.2. The number of nitrogens with zero attached hydrogens (tertiary/aromatic N) is 2. The Bertz CT molecular complexity index is 1370. The lowest BCUT2D eigenvalue weighted by atomic mass is 9.92. The fourth-order valence-corrected chi connectivity index (χ4v) is 6.13. The summed E-state index contributed by atoms with van der Waals surface area (Å²) in [5.41, 5.74) is 3.68. The van der Waals surface area contributed by atoms with Crippen molar-refractivity contribution in [2.24, 2.45) is 4.99 Å². The number of rotatable bonds is 11. The van der Waals surface area contributed by atoms with Crippen LogP contribution in [0.4, 0.5) is 0 Å². The lowest BCUT2D eigenvalue weighted by Gasteiger charge is -2.36. The Morgan fingerprint density at radius 1 is 1.15 bits per heavy atom. The maximum absolute atomic E-state index is 13.2. The Morgan fingerprint density at radius 2 is 1.98 bits per heavy atom. The number of carbonyl (C=O) groups excluding carboxylic acids is 2. The van der Waals surface area contributed by atoms with Crippen molar-refractivity contribution in [2.75, 3.05) is 27.4 Å². The number of esters is 1. The second-order valence-electron chi connectivity index (χ2n) is 9.90. The number of amidine groups is 1. The number of thioether (sulfide) groups is 1. The molecule has 1 amide bonds. The molecule has 0 aliphatic carbocycles. The molecule has 0 unspecified atom stereocenters. The summed E-state index contributed by atoms with van der Waals surface area (Å²) in [5.74, 6) is 0.553. The minimum absolute atomic E-state index is 0.0572. The number of benzene rings is 2. The van der Waals surface area contributed by atoms with Crippen LogP contribution in [0.5, 0.6) is 11.5 Å². The molecule has 5 rings (SSSR count). The number of hydrogen-bond donors (Lipinski definition) is 1. The number of allylic oxidation sites excluding steroid dienone is 1. The highest BCUT2D eigenvalue weighted by atomic mass is 32.2. The third-order valence-corrected chi connectivity index (χ3v) is 8.15. The van der Waals surface area contributed by atoms with Gasteiger partial charge in [0.1, 0.15) is 6.61 Å². The number of amides is 1. The van der Waals surface area contributed by atoms with Gasteiger partial charge < -0.3 is 29.2 Å². The molecule has 0 radical (unpaired) electrons. The summed E-state index contributed by atoms with van der Waals surface area (Å²) < 4.78 is 22.7. The van der Waals surface area contributed by atoms with Crippen molar-refractivity contribution < 1.29 is 28.5 Å². The van der Waals surface area contributed by atoms with E-state index in [1.54, 1.807) is 7.11 Å². The van der Waals surface area contributed by atoms with E-state index in [1.807, 2.05) is 65.8 Å². The topological polar surface area (TPSA) is 98.7 Å². The third kappa shape index (κ3) is 6.44. The summed E-state index contributed by atoms with van der Waals surface area (Å²) in [6, 6.07) is 15.0. The molecule has 0 saturated carbocycles. The monoisotopic (exact) mass is 577 g/mol. The molecule has 2 atom stereocenters. The molecule has 1 fully saturated rings. The summed E-state index contributed by atoms with van der Waals surface area (Å²) in [6.45, 7) is 3.57. The number of nitrogens with one attached hydrogen (secondary N) is 1. The van der Waals surface area contributed by atoms with Gasteiger partial charge in [-0.3, -0.25) is 4.79 Å². The quantitative estimate of drug-likeness (QED) is 0.369. The summed E-state index contributed by atoms with van der Waals surface area (Å²) in [6.07, 6.45) is 2.71. The number of carbonyl (C=O) groups is 2. The zero-order valence-corrected chi connectivity index (χ0v) is 24.4. The largest absolute Gasteiger partial charge is 0.493 e. The predicted octanol–water partition coefficient (Wildman–Crippen LogP) is 5.10. The maximum Gasteiger partial charge on any atom is 0.338 e. The second kappa shape index (κ2) is 13.3. The minimum Gasteiger partial charge on any atom is -0.493 e. The van der Waals surface area contributed by atoms with Crippen LogP contribution >= 0.6 is 11.8 Å². The van der Waals surface area contributed by atoms with Crippen LogP contribution in [0.1, 0.15) is 49.8 Å². The van der Waals surface area contributed by atoms with E-state index in [-0.39, 0.29) is 18.4 Å². The molecule has 3 aliphatic rings. The molecule has 1 N–H and O–H groups in total. The van der Waals surface area contributed by atoms with Crippen LogP contribution in [0.3, 0.4) is 0 Å². The molecule has 3 heterocycles. The van der Waals surface area contributed by atoms with Crippen molar-refractivity contribution in [2.45, 2.75) is 51.4 Å². The van der Waals surface area contributed by atoms with Crippen molar-refractivity contribution >= 4 is 28.8 Å². The van der Waals surface area contributed by atoms with E-state index in [2.05, 4.69) is 5.32 Å². The van der Waals surface area contributed by atoms with Gasteiger partial charge in [0.25, 0.3) is 0 Å². The number of ether oxygens (including phenoxy) is 4. The molecule has 0 spiro atoms. The SMILES string of the molecule is CCC1=C(C(=O)OC)[C@@H](c2ccc(OCc3ccccc3)c(OC)c2)N2C(CC(=O)NC[C@H]3CCCO3)=CSC2=N1. The van der Waals surface area contributed by atoms with Crippen LogP contribution in [0.15, 0.2) is 75.9 Å². The van der Waals surface area contributed by atoms with Gasteiger partial charge in [0.05, 0.1) is 44.1 Å². The number of hydrogen-bond acceptors (Lipinski definition) is 9. The van der Waals surface area contributed by atoms with Crippen molar-refractivity contribution in [1.82, 2.24) is 10.2 Å². The molecule has 1 saturated heterocycles. The van der Waals surface area contributed by atoms with Crippen LogP contribution in [-0.4, -0.2) is 55.4 Å². The fourth-order valence-electron chi connectivity index (χ4n) is 5.20. The number of fused-ring (bicyclic) bond motifs is 1. The van der Waals surface area contributed by atoms with Gasteiger partial charge in [-0.1, -0.05) is 55.1 Å². The summed E-state index contributed by atoms with van der Waals surface area (Å²) in [4.78, 5) is 33.0. The lowest BCUT2D eigenvalue weighted by molar-refractivity contribution is -0.136. The predicted molar refractivity (Wildman–Crippen MR) is 157 cm³/mol. The first-order chi connectivity index (χ1) is 20.0. The summed E-state index contributed by atoms with van der Waals surface area (Å²) in [5, 5.41) is 5.64. The van der Waals surface area contributed by atoms with Gasteiger partial charge in [-0.05, 0) is 47.9 Å². The van der Waals surface area contributed by atoms with Crippen LogP contribution < -0.4 is 14.8 Å². The van der Waals surface area contributed by atoms with Crippen LogP contribution in [0, 0.1) is 0 Å². The Kier molecular flexibility index (Phi) is 9.31. The Hall–Kier alpha value is -3.76. The highest BCUT2D eigenvalue weighted by molar-refractivity contribution is 8.16. The first-order valence-electron chi connectivity index (χ1n) is 13.8.